The van der Waals surface area contributed by atoms with E-state index in [1.54, 1.807) is 7.11 Å². The Balaban J connectivity index is 1.30. The van der Waals surface area contributed by atoms with Gasteiger partial charge in [0, 0.05) is 6.54 Å². The van der Waals surface area contributed by atoms with Gasteiger partial charge in [-0.25, -0.2) is 4.79 Å². The van der Waals surface area contributed by atoms with Crippen molar-refractivity contribution in [2.75, 3.05) is 13.7 Å². The van der Waals surface area contributed by atoms with Crippen molar-refractivity contribution in [3.8, 4) is 5.75 Å². The summed E-state index contributed by atoms with van der Waals surface area (Å²) < 4.78 is 5.19. The Morgan fingerprint density at radius 3 is 2.20 bits per heavy atom. The average molecular weight is 342 g/mol. The number of amides is 2. The SMILES string of the molecule is COc1ccc(C(C)NC(=O)NCC23CC4CC(CC(C4)C2)C3)cc1. The molecule has 5 rings (SSSR count). The fraction of sp³-hybridized carbons (Fsp3) is 0.667. The summed E-state index contributed by atoms with van der Waals surface area (Å²) in [5.74, 6) is 3.61. The molecule has 4 nitrogen and oxygen atoms in total. The van der Waals surface area contributed by atoms with Crippen LogP contribution in [0.4, 0.5) is 4.79 Å². The van der Waals surface area contributed by atoms with E-state index in [1.807, 2.05) is 31.2 Å². The highest BCUT2D eigenvalue weighted by Gasteiger charge is 2.50. The molecule has 2 amide bonds. The molecule has 2 N–H and O–H groups in total. The van der Waals surface area contributed by atoms with Gasteiger partial charge in [-0.2, -0.15) is 0 Å². The van der Waals surface area contributed by atoms with E-state index in [2.05, 4.69) is 10.6 Å². The molecule has 1 unspecified atom stereocenters. The van der Waals surface area contributed by atoms with Crippen molar-refractivity contribution >= 4 is 6.03 Å². The molecule has 4 bridgehead atoms. The molecule has 0 saturated heterocycles. The van der Waals surface area contributed by atoms with Gasteiger partial charge >= 0.3 is 6.03 Å². The third-order valence-corrected chi connectivity index (χ3v) is 6.75. The number of carbonyl (C=O) groups excluding carboxylic acids is 1. The lowest BCUT2D eigenvalue weighted by atomic mass is 9.49. The lowest BCUT2D eigenvalue weighted by molar-refractivity contribution is -0.0498. The van der Waals surface area contributed by atoms with E-state index in [1.165, 1.54) is 38.5 Å². The zero-order chi connectivity index (χ0) is 17.4. The molecular weight excluding hydrogens is 312 g/mol. The largest absolute Gasteiger partial charge is 0.497 e. The Morgan fingerprint density at radius 2 is 1.68 bits per heavy atom. The Kier molecular flexibility index (Phi) is 4.38. The van der Waals surface area contributed by atoms with E-state index >= 15 is 0 Å². The van der Waals surface area contributed by atoms with Crippen LogP contribution in [0, 0.1) is 23.2 Å². The smallest absolute Gasteiger partial charge is 0.315 e. The predicted octanol–water partition coefficient (Wildman–Crippen LogP) is 4.27. The molecule has 0 heterocycles. The first-order valence-electron chi connectivity index (χ1n) is 9.73. The molecule has 4 heteroatoms. The molecule has 1 atom stereocenters. The van der Waals surface area contributed by atoms with Crippen molar-refractivity contribution in [2.45, 2.75) is 51.5 Å². The zero-order valence-electron chi connectivity index (χ0n) is 15.4. The van der Waals surface area contributed by atoms with Gasteiger partial charge < -0.3 is 15.4 Å². The number of hydrogen-bond donors (Lipinski definition) is 2. The van der Waals surface area contributed by atoms with E-state index in [9.17, 15) is 4.79 Å². The number of rotatable bonds is 5. The first-order valence-corrected chi connectivity index (χ1v) is 9.73. The van der Waals surface area contributed by atoms with Crippen molar-refractivity contribution in [3.63, 3.8) is 0 Å². The van der Waals surface area contributed by atoms with E-state index < -0.39 is 0 Å². The summed E-state index contributed by atoms with van der Waals surface area (Å²) in [6.45, 7) is 2.86. The van der Waals surface area contributed by atoms with E-state index in [-0.39, 0.29) is 12.1 Å². The quantitative estimate of drug-likeness (QED) is 0.839. The molecular formula is C21H30N2O2. The summed E-state index contributed by atoms with van der Waals surface area (Å²) in [6, 6.07) is 7.81. The third kappa shape index (κ3) is 3.49. The van der Waals surface area contributed by atoms with Crippen molar-refractivity contribution in [1.82, 2.24) is 10.6 Å². The van der Waals surface area contributed by atoms with Gasteiger partial charge in [0.2, 0.25) is 0 Å². The summed E-state index contributed by atoms with van der Waals surface area (Å²) in [5.41, 5.74) is 1.47. The molecule has 4 aliphatic carbocycles. The van der Waals surface area contributed by atoms with Crippen LogP contribution in [0.25, 0.3) is 0 Å². The van der Waals surface area contributed by atoms with Gasteiger partial charge in [0.25, 0.3) is 0 Å². The van der Waals surface area contributed by atoms with Gasteiger partial charge in [0.1, 0.15) is 5.75 Å². The molecule has 0 radical (unpaired) electrons. The molecule has 4 aliphatic rings. The number of urea groups is 1. The maximum absolute atomic E-state index is 12.4. The minimum absolute atomic E-state index is 0.0118. The number of nitrogens with one attached hydrogen (secondary N) is 2. The molecule has 136 valence electrons. The first kappa shape index (κ1) is 16.7. The van der Waals surface area contributed by atoms with Crippen molar-refractivity contribution in [1.29, 1.82) is 0 Å². The van der Waals surface area contributed by atoms with E-state index in [0.717, 1.165) is 35.6 Å². The summed E-state index contributed by atoms with van der Waals surface area (Å²) in [7, 11) is 1.66. The number of hydrogen-bond acceptors (Lipinski definition) is 2. The summed E-state index contributed by atoms with van der Waals surface area (Å²) in [4.78, 5) is 12.4. The van der Waals surface area contributed by atoms with Crippen molar-refractivity contribution < 1.29 is 9.53 Å². The molecule has 0 spiro atoms. The van der Waals surface area contributed by atoms with Crippen LogP contribution in [0.15, 0.2) is 24.3 Å². The van der Waals surface area contributed by atoms with Crippen molar-refractivity contribution in [3.05, 3.63) is 29.8 Å². The Labute approximate surface area is 150 Å². The maximum Gasteiger partial charge on any atom is 0.315 e. The molecule has 1 aromatic carbocycles. The lowest BCUT2D eigenvalue weighted by Crippen LogP contribution is -2.52. The fourth-order valence-electron chi connectivity index (χ4n) is 6.00. The second kappa shape index (κ2) is 6.54. The van der Waals surface area contributed by atoms with Crippen molar-refractivity contribution in [2.24, 2.45) is 23.2 Å². The lowest BCUT2D eigenvalue weighted by Gasteiger charge is -2.56. The Morgan fingerprint density at radius 1 is 1.12 bits per heavy atom. The minimum atomic E-state index is -0.0425. The highest BCUT2D eigenvalue weighted by molar-refractivity contribution is 5.74. The van der Waals surface area contributed by atoms with Gasteiger partial charge in [-0.15, -0.1) is 0 Å². The van der Waals surface area contributed by atoms with Gasteiger partial charge in [0.15, 0.2) is 0 Å². The first-order chi connectivity index (χ1) is 12.0. The van der Waals surface area contributed by atoms with Crippen LogP contribution in [0.2, 0.25) is 0 Å². The standard InChI is InChI=1S/C21H30N2O2/c1-14(18-3-5-19(25-2)6-4-18)23-20(24)22-13-21-10-15-7-16(11-21)9-17(8-15)12-21/h3-6,14-17H,7-13H2,1-2H3,(H2,22,23,24). The normalized spacial score (nSPS) is 33.8. The highest BCUT2D eigenvalue weighted by atomic mass is 16.5. The summed E-state index contributed by atoms with van der Waals surface area (Å²) in [5, 5.41) is 6.26. The second-order valence-corrected chi connectivity index (χ2v) is 8.74. The molecule has 1 aromatic rings. The molecule has 0 aromatic heterocycles. The minimum Gasteiger partial charge on any atom is -0.497 e. The third-order valence-electron chi connectivity index (χ3n) is 6.75. The van der Waals surface area contributed by atoms with Gasteiger partial charge in [-0.05, 0) is 86.3 Å². The number of benzene rings is 1. The average Bonchev–Trinajstić information content (AvgIpc) is 2.59. The zero-order valence-corrected chi connectivity index (χ0v) is 15.4. The van der Waals surface area contributed by atoms with Crippen LogP contribution in [-0.2, 0) is 0 Å². The van der Waals surface area contributed by atoms with Crippen LogP contribution < -0.4 is 15.4 Å². The Bertz CT molecular complexity index is 590. The molecule has 4 saturated carbocycles. The molecule has 4 fully saturated rings. The number of carbonyl (C=O) groups is 1. The molecule has 25 heavy (non-hydrogen) atoms. The Hall–Kier alpha value is -1.71. The second-order valence-electron chi connectivity index (χ2n) is 8.74. The van der Waals surface area contributed by atoms with Crippen LogP contribution in [0.1, 0.15) is 57.1 Å². The number of methoxy groups -OCH3 is 1. The van der Waals surface area contributed by atoms with Crippen LogP contribution >= 0.6 is 0 Å². The van der Waals surface area contributed by atoms with Crippen LogP contribution in [0.3, 0.4) is 0 Å². The fourth-order valence-corrected chi connectivity index (χ4v) is 6.00. The highest BCUT2D eigenvalue weighted by Crippen LogP contribution is 2.59. The van der Waals surface area contributed by atoms with Gasteiger partial charge in [-0.1, -0.05) is 12.1 Å². The van der Waals surface area contributed by atoms with E-state index in [0.29, 0.717) is 5.41 Å². The van der Waals surface area contributed by atoms with E-state index in [4.69, 9.17) is 4.74 Å². The maximum atomic E-state index is 12.4. The topological polar surface area (TPSA) is 50.4 Å². The molecule has 0 aliphatic heterocycles. The summed E-state index contributed by atoms with van der Waals surface area (Å²) >= 11 is 0. The monoisotopic (exact) mass is 342 g/mol. The predicted molar refractivity (Wildman–Crippen MR) is 98.5 cm³/mol. The van der Waals surface area contributed by atoms with Crippen LogP contribution in [0.5, 0.6) is 5.75 Å². The van der Waals surface area contributed by atoms with Crippen LogP contribution in [-0.4, -0.2) is 19.7 Å². The number of ether oxygens (including phenoxy) is 1. The summed E-state index contributed by atoms with van der Waals surface area (Å²) in [6.07, 6.45) is 8.31. The van der Waals surface area contributed by atoms with Gasteiger partial charge in [-0.3, -0.25) is 0 Å². The van der Waals surface area contributed by atoms with Gasteiger partial charge in [0.05, 0.1) is 13.2 Å².